The van der Waals surface area contributed by atoms with Crippen LogP contribution in [0, 0.1) is 50.7 Å². The summed E-state index contributed by atoms with van der Waals surface area (Å²) in [5.74, 6) is 1.74. The van der Waals surface area contributed by atoms with E-state index in [1.807, 2.05) is 20.8 Å². The van der Waals surface area contributed by atoms with Gasteiger partial charge in [0.15, 0.2) is 6.29 Å². The summed E-state index contributed by atoms with van der Waals surface area (Å²) in [4.78, 5) is 16.1. The molecule has 10 nitrogen and oxygen atoms in total. The quantitative estimate of drug-likeness (QED) is 0.321. The average molecular weight is 717 g/mol. The number of rotatable bonds is 9. The molecule has 5 aliphatic carbocycles. The van der Waals surface area contributed by atoms with Gasteiger partial charge < -0.3 is 38.8 Å². The monoisotopic (exact) mass is 716 g/mol. The first-order chi connectivity index (χ1) is 24.0. The zero-order chi connectivity index (χ0) is 36.4. The van der Waals surface area contributed by atoms with E-state index in [0.29, 0.717) is 62.0 Å². The van der Waals surface area contributed by atoms with Crippen molar-refractivity contribution in [2.45, 2.75) is 149 Å². The normalized spacial score (nSPS) is 49.6. The largest absolute Gasteiger partial charge is 0.448 e. The molecule has 8 fully saturated rings. The first-order valence-electron chi connectivity index (χ1n) is 20.6. The van der Waals surface area contributed by atoms with E-state index in [2.05, 4.69) is 39.5 Å². The number of ether oxygens (including phenoxy) is 5. The summed E-state index contributed by atoms with van der Waals surface area (Å²) < 4.78 is 31.4. The third-order valence-electron chi connectivity index (χ3n) is 17.1. The first-order valence-corrected chi connectivity index (χ1v) is 20.6. The summed E-state index contributed by atoms with van der Waals surface area (Å²) in [6.45, 7) is 23.3. The summed E-state index contributed by atoms with van der Waals surface area (Å²) >= 11 is 0. The summed E-state index contributed by atoms with van der Waals surface area (Å²) in [5.41, 5.74) is -0.632. The van der Waals surface area contributed by atoms with E-state index in [9.17, 15) is 15.0 Å². The Kier molecular flexibility index (Phi) is 9.06. The van der Waals surface area contributed by atoms with Crippen molar-refractivity contribution in [2.75, 3.05) is 52.5 Å². The Balaban J connectivity index is 0.976. The number of carbonyl (C=O) groups excluding carboxylic acids is 1. The van der Waals surface area contributed by atoms with Crippen LogP contribution in [0.3, 0.4) is 0 Å². The molecule has 0 radical (unpaired) electrons. The van der Waals surface area contributed by atoms with E-state index in [4.69, 9.17) is 23.7 Å². The van der Waals surface area contributed by atoms with Gasteiger partial charge in [0.1, 0.15) is 12.7 Å². The molecule has 14 atom stereocenters. The van der Waals surface area contributed by atoms with Gasteiger partial charge >= 0.3 is 6.09 Å². The molecule has 51 heavy (non-hydrogen) atoms. The third kappa shape index (κ3) is 5.29. The Labute approximate surface area is 306 Å². The van der Waals surface area contributed by atoms with E-state index < -0.39 is 17.8 Å². The zero-order valence-corrected chi connectivity index (χ0v) is 32.8. The molecule has 290 valence electrons. The highest BCUT2D eigenvalue weighted by molar-refractivity contribution is 5.69. The molecule has 1 amide bonds. The maximum atomic E-state index is 12.6. The van der Waals surface area contributed by atoms with Crippen LogP contribution in [0.2, 0.25) is 0 Å². The standard InChI is InChI=1S/C41H68N2O8/c1-9-47-34(37(5,6)46)26-22-25(2)31-32(50-26)33(44)39(8)28-11-10-27-36(3,4)29(12-13-40(27)24-41(28,40)15-14-38(31,39)7)51-30-23-42(18-20-48-30)16-17-43-19-21-49-35(43)45/h25-34,44,46H,9-24H2,1-8H3/t25-,26-,27+,28+,29+,30+,31+,32+,33+,34+,38-,39-,40?,41+/m1/s1. The lowest BCUT2D eigenvalue weighted by Gasteiger charge is -2.64. The van der Waals surface area contributed by atoms with Crippen molar-refractivity contribution in [3.8, 4) is 0 Å². The molecule has 8 rings (SSSR count). The van der Waals surface area contributed by atoms with Gasteiger partial charge in [-0.05, 0) is 117 Å². The highest BCUT2D eigenvalue weighted by Crippen LogP contribution is 2.89. The Bertz CT molecular complexity index is 1340. The van der Waals surface area contributed by atoms with Gasteiger partial charge in [0.25, 0.3) is 0 Å². The SMILES string of the molecule is CCO[C@@H]([C@H]1C[C@@H](C)[C@H]2[C@H](O1)[C@H](O)[C@@]1(C)[C@@H]3CC[C@H]4C(C)(C)[C@@H](O[C@H]5CN(CCN6CCOC6=O)CCO5)CCC45C[C@@]35CC[C@]21C)C(C)(C)O. The van der Waals surface area contributed by atoms with Crippen LogP contribution >= 0.6 is 0 Å². The Morgan fingerprint density at radius 3 is 2.45 bits per heavy atom. The number of morpholine rings is 1. The fourth-order valence-corrected chi connectivity index (χ4v) is 14.7. The maximum Gasteiger partial charge on any atom is 0.409 e. The van der Waals surface area contributed by atoms with E-state index in [0.717, 1.165) is 45.3 Å². The molecular formula is C41H68N2O8. The van der Waals surface area contributed by atoms with Crippen LogP contribution in [0.4, 0.5) is 4.79 Å². The molecule has 2 spiro atoms. The van der Waals surface area contributed by atoms with Gasteiger partial charge in [-0.2, -0.15) is 0 Å². The number of aliphatic hydroxyl groups excluding tert-OH is 1. The summed E-state index contributed by atoms with van der Waals surface area (Å²) in [6, 6.07) is 0. The van der Waals surface area contributed by atoms with Crippen molar-refractivity contribution in [3.63, 3.8) is 0 Å². The van der Waals surface area contributed by atoms with Crippen LogP contribution in [0.5, 0.6) is 0 Å². The van der Waals surface area contributed by atoms with E-state index in [-0.39, 0.29) is 52.4 Å². The highest BCUT2D eigenvalue weighted by atomic mass is 16.7. The molecule has 3 aliphatic heterocycles. The second-order valence-corrected chi connectivity index (χ2v) is 19.9. The summed E-state index contributed by atoms with van der Waals surface area (Å²) in [5, 5.41) is 23.7. The molecule has 0 bridgehead atoms. The minimum atomic E-state index is -1.02. The molecule has 2 N–H and O–H groups in total. The van der Waals surface area contributed by atoms with Crippen molar-refractivity contribution < 1.29 is 38.7 Å². The molecule has 0 aromatic heterocycles. The Hall–Kier alpha value is -1.01. The van der Waals surface area contributed by atoms with Gasteiger partial charge in [0.2, 0.25) is 0 Å². The van der Waals surface area contributed by atoms with Crippen LogP contribution < -0.4 is 0 Å². The number of carbonyl (C=O) groups is 1. The molecule has 5 saturated carbocycles. The third-order valence-corrected chi connectivity index (χ3v) is 17.1. The van der Waals surface area contributed by atoms with Gasteiger partial charge in [0, 0.05) is 38.2 Å². The summed E-state index contributed by atoms with van der Waals surface area (Å²) in [6.07, 6.45) is 7.39. The molecule has 3 saturated heterocycles. The smallest absolute Gasteiger partial charge is 0.409 e. The Morgan fingerprint density at radius 2 is 1.75 bits per heavy atom. The van der Waals surface area contributed by atoms with Crippen molar-refractivity contribution in [2.24, 2.45) is 50.7 Å². The number of cyclic esters (lactones) is 1. The maximum absolute atomic E-state index is 12.6. The van der Waals surface area contributed by atoms with Gasteiger partial charge in [-0.15, -0.1) is 0 Å². The molecule has 10 heteroatoms. The Morgan fingerprint density at radius 1 is 1.00 bits per heavy atom. The van der Waals surface area contributed by atoms with E-state index in [1.165, 1.54) is 25.7 Å². The topological polar surface area (TPSA) is 110 Å². The van der Waals surface area contributed by atoms with Gasteiger partial charge in [-0.25, -0.2) is 4.79 Å². The predicted molar refractivity (Wildman–Crippen MR) is 192 cm³/mol. The molecule has 8 aliphatic rings. The lowest BCUT2D eigenvalue weighted by Crippen LogP contribution is -2.60. The fraction of sp³-hybridized carbons (Fsp3) is 0.976. The van der Waals surface area contributed by atoms with Crippen molar-refractivity contribution in [1.29, 1.82) is 0 Å². The zero-order valence-electron chi connectivity index (χ0n) is 32.8. The average Bonchev–Trinajstić information content (AvgIpc) is 3.49. The first kappa shape index (κ1) is 36.9. The van der Waals surface area contributed by atoms with Crippen LogP contribution in [-0.2, 0) is 23.7 Å². The number of amides is 1. The lowest BCUT2D eigenvalue weighted by atomic mass is 9.41. The minimum absolute atomic E-state index is 0.00103. The minimum Gasteiger partial charge on any atom is -0.448 e. The lowest BCUT2D eigenvalue weighted by molar-refractivity contribution is -0.248. The number of nitrogens with zero attached hydrogens (tertiary/aromatic N) is 2. The van der Waals surface area contributed by atoms with Crippen LogP contribution in [0.25, 0.3) is 0 Å². The fourth-order valence-electron chi connectivity index (χ4n) is 14.7. The molecule has 0 aromatic carbocycles. The summed E-state index contributed by atoms with van der Waals surface area (Å²) in [7, 11) is 0. The van der Waals surface area contributed by atoms with Crippen molar-refractivity contribution in [1.82, 2.24) is 9.80 Å². The number of aliphatic hydroxyl groups is 2. The van der Waals surface area contributed by atoms with E-state index >= 15 is 0 Å². The van der Waals surface area contributed by atoms with Crippen LogP contribution in [-0.4, -0.2) is 121 Å². The van der Waals surface area contributed by atoms with Crippen LogP contribution in [0.1, 0.15) is 107 Å². The molecule has 3 heterocycles. The molecular weight excluding hydrogens is 648 g/mol. The van der Waals surface area contributed by atoms with Gasteiger partial charge in [0.05, 0.1) is 43.2 Å². The second-order valence-electron chi connectivity index (χ2n) is 19.9. The van der Waals surface area contributed by atoms with Crippen molar-refractivity contribution in [3.05, 3.63) is 0 Å². The predicted octanol–water partition coefficient (Wildman–Crippen LogP) is 5.47. The number of hydrogen-bond acceptors (Lipinski definition) is 9. The number of hydrogen-bond donors (Lipinski definition) is 2. The molecule has 1 unspecified atom stereocenters. The second kappa shape index (κ2) is 12.5. The van der Waals surface area contributed by atoms with E-state index in [1.54, 1.807) is 4.90 Å². The molecule has 0 aromatic rings. The van der Waals surface area contributed by atoms with Gasteiger partial charge in [-0.3, -0.25) is 4.90 Å². The van der Waals surface area contributed by atoms with Crippen molar-refractivity contribution >= 4 is 6.09 Å². The van der Waals surface area contributed by atoms with Gasteiger partial charge in [-0.1, -0.05) is 34.6 Å². The van der Waals surface area contributed by atoms with Crippen LogP contribution in [0.15, 0.2) is 0 Å². The highest BCUT2D eigenvalue weighted by Gasteiger charge is 2.84. The number of fused-ring (bicyclic) bond motifs is 4.